The Balaban J connectivity index is 1.43. The van der Waals surface area contributed by atoms with Crippen molar-refractivity contribution in [3.8, 4) is 16.9 Å². The molecule has 0 radical (unpaired) electrons. The van der Waals surface area contributed by atoms with E-state index in [4.69, 9.17) is 0 Å². The third kappa shape index (κ3) is 4.54. The number of hydrogen-bond acceptors (Lipinski definition) is 4. The number of hydrogen-bond donors (Lipinski definition) is 0. The van der Waals surface area contributed by atoms with E-state index in [0.717, 1.165) is 29.4 Å². The van der Waals surface area contributed by atoms with Crippen LogP contribution in [0.5, 0.6) is 0 Å². The Hall–Kier alpha value is -4.54. The van der Waals surface area contributed by atoms with Crippen LogP contribution in [0, 0.1) is 5.82 Å². The molecular weight excluding hydrogens is 476 g/mol. The Morgan fingerprint density at radius 3 is 2.39 bits per heavy atom. The highest BCUT2D eigenvalue weighted by Gasteiger charge is 2.36. The monoisotopic (exact) mass is 494 g/mol. The molecule has 11 heteroatoms. The van der Waals surface area contributed by atoms with Gasteiger partial charge in [-0.3, -0.25) is 4.79 Å². The number of rotatable bonds is 5. The zero-order valence-corrected chi connectivity index (χ0v) is 18.8. The molecule has 1 amide bonds. The molecule has 0 spiro atoms. The Labute approximate surface area is 202 Å². The Morgan fingerprint density at radius 2 is 1.75 bits per heavy atom. The van der Waals surface area contributed by atoms with Gasteiger partial charge >= 0.3 is 6.18 Å². The van der Waals surface area contributed by atoms with Gasteiger partial charge in [0.15, 0.2) is 17.0 Å². The van der Waals surface area contributed by atoms with Crippen LogP contribution in [-0.2, 0) is 12.7 Å². The van der Waals surface area contributed by atoms with Gasteiger partial charge in [0.2, 0.25) is 0 Å². The second-order valence-corrected chi connectivity index (χ2v) is 8.11. The van der Waals surface area contributed by atoms with Crippen LogP contribution in [0.25, 0.3) is 22.6 Å². The molecule has 36 heavy (non-hydrogen) atoms. The van der Waals surface area contributed by atoms with E-state index < -0.39 is 23.6 Å². The predicted octanol–water partition coefficient (Wildman–Crippen LogP) is 5.01. The quantitative estimate of drug-likeness (QED) is 0.322. The Bertz CT molecular complexity index is 1520. The summed E-state index contributed by atoms with van der Waals surface area (Å²) in [6, 6.07) is 16.2. The van der Waals surface area contributed by atoms with Crippen molar-refractivity contribution in [2.24, 2.45) is 0 Å². The fourth-order valence-electron chi connectivity index (χ4n) is 3.77. The van der Waals surface area contributed by atoms with Gasteiger partial charge in [0.25, 0.3) is 5.91 Å². The molecule has 0 aliphatic heterocycles. The molecule has 182 valence electrons. The predicted molar refractivity (Wildman–Crippen MR) is 123 cm³/mol. The van der Waals surface area contributed by atoms with E-state index in [0.29, 0.717) is 10.1 Å². The lowest BCUT2D eigenvalue weighted by Gasteiger charge is -2.16. The molecule has 5 rings (SSSR count). The standard InChI is InChI=1S/C25H18F4N6O/c1-33(15-16-3-9-19(10-4-16)34-12-2-11-30-34)24(36)21-14-23-31-20(17-5-7-18(26)8-6-17)13-22(25(27,28)29)35(23)32-21/h2-14H,15H2,1H3. The normalized spacial score (nSPS) is 11.7. The lowest BCUT2D eigenvalue weighted by atomic mass is 10.1. The molecule has 0 unspecified atom stereocenters. The second-order valence-electron chi connectivity index (χ2n) is 8.11. The minimum absolute atomic E-state index is 0.0145. The van der Waals surface area contributed by atoms with Crippen LogP contribution in [0.15, 0.2) is 79.1 Å². The Kier molecular flexibility index (Phi) is 5.75. The zero-order chi connectivity index (χ0) is 25.4. The Morgan fingerprint density at radius 1 is 1.03 bits per heavy atom. The van der Waals surface area contributed by atoms with Gasteiger partial charge in [-0.05, 0) is 54.1 Å². The molecule has 7 nitrogen and oxygen atoms in total. The molecule has 0 saturated carbocycles. The maximum Gasteiger partial charge on any atom is 0.433 e. The first kappa shape index (κ1) is 23.2. The van der Waals surface area contributed by atoms with Gasteiger partial charge in [-0.1, -0.05) is 12.1 Å². The highest BCUT2D eigenvalue weighted by molar-refractivity contribution is 5.93. The number of nitrogens with zero attached hydrogens (tertiary/aromatic N) is 6. The summed E-state index contributed by atoms with van der Waals surface area (Å²) in [5.74, 6) is -1.08. The van der Waals surface area contributed by atoms with Crippen molar-refractivity contribution in [3.63, 3.8) is 0 Å². The summed E-state index contributed by atoms with van der Waals surface area (Å²) in [7, 11) is 1.54. The van der Waals surface area contributed by atoms with E-state index in [-0.39, 0.29) is 23.6 Å². The van der Waals surface area contributed by atoms with Crippen molar-refractivity contribution in [1.82, 2.24) is 29.3 Å². The average molecular weight is 494 g/mol. The van der Waals surface area contributed by atoms with Crippen molar-refractivity contribution in [1.29, 1.82) is 0 Å². The lowest BCUT2D eigenvalue weighted by Crippen LogP contribution is -2.26. The number of carbonyl (C=O) groups excluding carboxylic acids is 1. The van der Waals surface area contributed by atoms with Crippen molar-refractivity contribution in [2.75, 3.05) is 7.05 Å². The molecular formula is C25H18F4N6O. The van der Waals surface area contributed by atoms with Crippen molar-refractivity contribution < 1.29 is 22.4 Å². The molecule has 0 atom stereocenters. The van der Waals surface area contributed by atoms with Gasteiger partial charge in [0.05, 0.1) is 11.4 Å². The van der Waals surface area contributed by atoms with Gasteiger partial charge in [0.1, 0.15) is 5.82 Å². The number of benzene rings is 2. The van der Waals surface area contributed by atoms with E-state index in [1.54, 1.807) is 23.1 Å². The van der Waals surface area contributed by atoms with E-state index in [9.17, 15) is 22.4 Å². The van der Waals surface area contributed by atoms with Crippen LogP contribution in [0.3, 0.4) is 0 Å². The van der Waals surface area contributed by atoms with Gasteiger partial charge in [-0.25, -0.2) is 18.6 Å². The number of halogens is 4. The van der Waals surface area contributed by atoms with Crippen molar-refractivity contribution in [2.45, 2.75) is 12.7 Å². The molecule has 0 aliphatic rings. The summed E-state index contributed by atoms with van der Waals surface area (Å²) >= 11 is 0. The average Bonchev–Trinajstić information content (AvgIpc) is 3.53. The van der Waals surface area contributed by atoms with Gasteiger partial charge in [-0.2, -0.15) is 23.4 Å². The molecule has 5 aromatic rings. The minimum Gasteiger partial charge on any atom is -0.336 e. The van der Waals surface area contributed by atoms with Gasteiger partial charge in [-0.15, -0.1) is 0 Å². The van der Waals surface area contributed by atoms with Crippen LogP contribution in [0.1, 0.15) is 21.7 Å². The minimum atomic E-state index is -4.76. The fraction of sp³-hybridized carbons (Fsp3) is 0.120. The number of alkyl halides is 3. The molecule has 3 heterocycles. The topological polar surface area (TPSA) is 68.3 Å². The molecule has 0 aliphatic carbocycles. The zero-order valence-electron chi connectivity index (χ0n) is 18.8. The molecule has 2 aromatic carbocycles. The summed E-state index contributed by atoms with van der Waals surface area (Å²) in [6.07, 6.45) is -1.29. The first-order chi connectivity index (χ1) is 17.2. The third-order valence-electron chi connectivity index (χ3n) is 5.55. The van der Waals surface area contributed by atoms with Crippen molar-refractivity contribution in [3.05, 3.63) is 102 Å². The molecule has 3 aromatic heterocycles. The third-order valence-corrected chi connectivity index (χ3v) is 5.55. The van der Waals surface area contributed by atoms with E-state index in [1.807, 2.05) is 24.3 Å². The lowest BCUT2D eigenvalue weighted by molar-refractivity contribution is -0.142. The summed E-state index contributed by atoms with van der Waals surface area (Å²) in [5, 5.41) is 8.07. The van der Waals surface area contributed by atoms with Gasteiger partial charge < -0.3 is 4.90 Å². The van der Waals surface area contributed by atoms with Crippen molar-refractivity contribution >= 4 is 11.6 Å². The highest BCUT2D eigenvalue weighted by Crippen LogP contribution is 2.32. The molecule has 0 N–H and O–H groups in total. The summed E-state index contributed by atoms with van der Waals surface area (Å²) < 4.78 is 57.0. The summed E-state index contributed by atoms with van der Waals surface area (Å²) in [4.78, 5) is 18.6. The smallest absolute Gasteiger partial charge is 0.336 e. The molecule has 0 bridgehead atoms. The largest absolute Gasteiger partial charge is 0.433 e. The fourth-order valence-corrected chi connectivity index (χ4v) is 3.77. The van der Waals surface area contributed by atoms with E-state index >= 15 is 0 Å². The maximum absolute atomic E-state index is 13.8. The molecule has 0 saturated heterocycles. The number of carbonyl (C=O) groups is 1. The number of amides is 1. The van der Waals surface area contributed by atoms with Crippen LogP contribution in [0.4, 0.5) is 17.6 Å². The number of fused-ring (bicyclic) bond motifs is 1. The van der Waals surface area contributed by atoms with E-state index in [1.165, 1.54) is 30.1 Å². The second kappa shape index (κ2) is 8.91. The maximum atomic E-state index is 13.8. The number of aromatic nitrogens is 5. The first-order valence-electron chi connectivity index (χ1n) is 10.8. The van der Waals surface area contributed by atoms with Crippen LogP contribution < -0.4 is 0 Å². The first-order valence-corrected chi connectivity index (χ1v) is 10.8. The van der Waals surface area contributed by atoms with Gasteiger partial charge in [0, 0.05) is 37.6 Å². The molecule has 0 fully saturated rings. The SMILES string of the molecule is CN(Cc1ccc(-n2cccn2)cc1)C(=O)c1cc2nc(-c3ccc(F)cc3)cc(C(F)(F)F)n2n1. The summed E-state index contributed by atoms with van der Waals surface area (Å²) in [5.41, 5.74) is 0.527. The van der Waals surface area contributed by atoms with E-state index in [2.05, 4.69) is 15.2 Å². The van der Waals surface area contributed by atoms with Crippen LogP contribution >= 0.6 is 0 Å². The highest BCUT2D eigenvalue weighted by atomic mass is 19.4. The van der Waals surface area contributed by atoms with Crippen LogP contribution in [-0.4, -0.2) is 42.2 Å². The summed E-state index contributed by atoms with van der Waals surface area (Å²) in [6.45, 7) is 0.215. The van der Waals surface area contributed by atoms with Crippen LogP contribution in [0.2, 0.25) is 0 Å².